The van der Waals surface area contributed by atoms with Crippen molar-refractivity contribution in [3.63, 3.8) is 0 Å². The lowest BCUT2D eigenvalue weighted by atomic mass is 10.1. The highest BCUT2D eigenvalue weighted by Crippen LogP contribution is 2.23. The number of carboxylic acid groups (broad SMARTS) is 1. The van der Waals surface area contributed by atoms with E-state index in [2.05, 4.69) is 22.0 Å². The van der Waals surface area contributed by atoms with Gasteiger partial charge in [0.1, 0.15) is 6.04 Å². The van der Waals surface area contributed by atoms with Gasteiger partial charge in [-0.15, -0.1) is 0 Å². The van der Waals surface area contributed by atoms with Crippen LogP contribution in [0.1, 0.15) is 11.7 Å². The summed E-state index contributed by atoms with van der Waals surface area (Å²) in [6, 6.07) is 13.3. The molecule has 1 atom stereocenters. The maximum absolute atomic E-state index is 11.6. The Kier molecular flexibility index (Phi) is 3.92. The first-order valence-corrected chi connectivity index (χ1v) is 7.16. The summed E-state index contributed by atoms with van der Waals surface area (Å²) in [7, 11) is 0. The summed E-state index contributed by atoms with van der Waals surface area (Å²) < 4.78 is 0. The van der Waals surface area contributed by atoms with Gasteiger partial charge in [-0.25, -0.2) is 0 Å². The first-order valence-electron chi connectivity index (χ1n) is 7.16. The van der Waals surface area contributed by atoms with Crippen molar-refractivity contribution in [2.45, 2.75) is 6.04 Å². The number of rotatable bonds is 4. The molecule has 1 unspecified atom stereocenters. The third-order valence-electron chi connectivity index (χ3n) is 3.95. The minimum Gasteiger partial charge on any atom is -0.480 e. The number of nitrogens with zero attached hydrogens (tertiary/aromatic N) is 2. The number of H-pyrrole nitrogens is 1. The third-order valence-corrected chi connectivity index (χ3v) is 3.95. The lowest BCUT2D eigenvalue weighted by Crippen LogP contribution is -2.49. The molecule has 1 aliphatic heterocycles. The molecule has 3 rings (SSSR count). The average Bonchev–Trinajstić information content (AvgIpc) is 3.03. The first kappa shape index (κ1) is 13.7. The summed E-state index contributed by atoms with van der Waals surface area (Å²) in [5.41, 5.74) is 1.94. The van der Waals surface area contributed by atoms with E-state index in [1.807, 2.05) is 35.2 Å². The molecule has 1 aromatic heterocycles. The second kappa shape index (κ2) is 6.01. The number of carboxylic acids is 1. The summed E-state index contributed by atoms with van der Waals surface area (Å²) in [5, 5.41) is 9.50. The van der Waals surface area contributed by atoms with Crippen LogP contribution in [0.15, 0.2) is 48.7 Å². The molecular weight excluding hydrogens is 266 g/mol. The van der Waals surface area contributed by atoms with Crippen LogP contribution in [0, 0.1) is 0 Å². The Balaban J connectivity index is 1.68. The Bertz CT molecular complexity index is 575. The quantitative estimate of drug-likeness (QED) is 0.901. The van der Waals surface area contributed by atoms with E-state index >= 15 is 0 Å². The van der Waals surface area contributed by atoms with Crippen LogP contribution in [0.3, 0.4) is 0 Å². The van der Waals surface area contributed by atoms with Crippen LogP contribution in [0.5, 0.6) is 0 Å². The summed E-state index contributed by atoms with van der Waals surface area (Å²) in [6.45, 7) is 3.17. The molecule has 0 aliphatic carbocycles. The van der Waals surface area contributed by atoms with Crippen LogP contribution in [0.2, 0.25) is 0 Å². The number of para-hydroxylation sites is 1. The number of hydrogen-bond donors (Lipinski definition) is 2. The van der Waals surface area contributed by atoms with Crippen LogP contribution in [-0.2, 0) is 4.79 Å². The van der Waals surface area contributed by atoms with Crippen molar-refractivity contribution in [2.24, 2.45) is 0 Å². The highest BCUT2D eigenvalue weighted by molar-refractivity contribution is 5.75. The molecule has 21 heavy (non-hydrogen) atoms. The van der Waals surface area contributed by atoms with Gasteiger partial charge in [0.25, 0.3) is 0 Å². The van der Waals surface area contributed by atoms with Crippen molar-refractivity contribution < 1.29 is 9.90 Å². The van der Waals surface area contributed by atoms with Gasteiger partial charge in [0, 0.05) is 43.8 Å². The van der Waals surface area contributed by atoms with Gasteiger partial charge in [0.15, 0.2) is 0 Å². The molecule has 5 heteroatoms. The molecular formula is C16H19N3O2. The minimum absolute atomic E-state index is 0.585. The standard InChI is InChI=1S/C16H19N3O2/c20-16(21)15(14-7-4-8-17-14)19-11-9-18(10-12-19)13-5-2-1-3-6-13/h1-8,15,17H,9-12H2,(H,20,21). The molecule has 0 amide bonds. The predicted octanol–water partition coefficient (Wildman–Crippen LogP) is 1.96. The van der Waals surface area contributed by atoms with Gasteiger partial charge in [0.05, 0.1) is 0 Å². The summed E-state index contributed by atoms with van der Waals surface area (Å²) in [6.07, 6.45) is 1.77. The fraction of sp³-hybridized carbons (Fsp3) is 0.312. The SMILES string of the molecule is O=C(O)C(c1ccc[nH]1)N1CCN(c2ccccc2)CC1. The molecule has 0 radical (unpaired) electrons. The van der Waals surface area contributed by atoms with Crippen LogP contribution in [0.4, 0.5) is 5.69 Å². The maximum Gasteiger partial charge on any atom is 0.327 e. The van der Waals surface area contributed by atoms with Crippen LogP contribution >= 0.6 is 0 Å². The van der Waals surface area contributed by atoms with E-state index in [9.17, 15) is 9.90 Å². The van der Waals surface area contributed by atoms with Gasteiger partial charge in [-0.3, -0.25) is 9.69 Å². The molecule has 1 aliphatic rings. The number of anilines is 1. The number of hydrogen-bond acceptors (Lipinski definition) is 3. The lowest BCUT2D eigenvalue weighted by molar-refractivity contribution is -0.143. The Hall–Kier alpha value is -2.27. The molecule has 2 aromatic rings. The van der Waals surface area contributed by atoms with Gasteiger partial charge >= 0.3 is 5.97 Å². The number of nitrogens with one attached hydrogen (secondary N) is 1. The number of aliphatic carboxylic acids is 1. The summed E-state index contributed by atoms with van der Waals surface area (Å²) >= 11 is 0. The molecule has 0 spiro atoms. The maximum atomic E-state index is 11.6. The van der Waals surface area contributed by atoms with E-state index in [1.165, 1.54) is 5.69 Å². The van der Waals surface area contributed by atoms with Gasteiger partial charge < -0.3 is 15.0 Å². The largest absolute Gasteiger partial charge is 0.480 e. The Morgan fingerprint density at radius 2 is 1.76 bits per heavy atom. The summed E-state index contributed by atoms with van der Waals surface area (Å²) in [5.74, 6) is -0.800. The van der Waals surface area contributed by atoms with Crippen molar-refractivity contribution in [1.29, 1.82) is 0 Å². The molecule has 5 nitrogen and oxygen atoms in total. The molecule has 0 saturated carbocycles. The molecule has 0 bridgehead atoms. The third kappa shape index (κ3) is 2.92. The van der Waals surface area contributed by atoms with E-state index in [1.54, 1.807) is 6.20 Å². The van der Waals surface area contributed by atoms with E-state index in [-0.39, 0.29) is 0 Å². The minimum atomic E-state index is -0.800. The zero-order chi connectivity index (χ0) is 14.7. The number of aromatic amines is 1. The van der Waals surface area contributed by atoms with E-state index in [0.29, 0.717) is 0 Å². The average molecular weight is 285 g/mol. The molecule has 2 heterocycles. The van der Waals surface area contributed by atoms with Crippen LogP contribution in [-0.4, -0.2) is 47.1 Å². The van der Waals surface area contributed by atoms with E-state index in [0.717, 1.165) is 31.9 Å². The van der Waals surface area contributed by atoms with Crippen molar-refractivity contribution >= 4 is 11.7 Å². The second-order valence-corrected chi connectivity index (χ2v) is 5.22. The zero-order valence-corrected chi connectivity index (χ0v) is 11.8. The van der Waals surface area contributed by atoms with Gasteiger partial charge in [-0.1, -0.05) is 18.2 Å². The monoisotopic (exact) mass is 285 g/mol. The fourth-order valence-electron chi connectivity index (χ4n) is 2.88. The molecule has 2 N–H and O–H groups in total. The Labute approximate surface area is 123 Å². The molecule has 1 fully saturated rings. The van der Waals surface area contributed by atoms with E-state index < -0.39 is 12.0 Å². The van der Waals surface area contributed by atoms with E-state index in [4.69, 9.17) is 0 Å². The molecule has 110 valence electrons. The zero-order valence-electron chi connectivity index (χ0n) is 11.8. The van der Waals surface area contributed by atoms with Crippen molar-refractivity contribution in [2.75, 3.05) is 31.1 Å². The predicted molar refractivity (Wildman–Crippen MR) is 81.4 cm³/mol. The normalized spacial score (nSPS) is 17.6. The van der Waals surface area contributed by atoms with Crippen molar-refractivity contribution in [3.8, 4) is 0 Å². The van der Waals surface area contributed by atoms with Gasteiger partial charge in [0.2, 0.25) is 0 Å². The van der Waals surface area contributed by atoms with Crippen molar-refractivity contribution in [3.05, 3.63) is 54.4 Å². The molecule has 1 saturated heterocycles. The first-order chi connectivity index (χ1) is 10.3. The van der Waals surface area contributed by atoms with Gasteiger partial charge in [-0.05, 0) is 24.3 Å². The summed E-state index contributed by atoms with van der Waals surface area (Å²) in [4.78, 5) is 18.9. The number of carbonyl (C=O) groups is 1. The highest BCUT2D eigenvalue weighted by atomic mass is 16.4. The Morgan fingerprint density at radius 3 is 2.33 bits per heavy atom. The topological polar surface area (TPSA) is 59.6 Å². The van der Waals surface area contributed by atoms with Crippen LogP contribution in [0.25, 0.3) is 0 Å². The fourth-order valence-corrected chi connectivity index (χ4v) is 2.88. The smallest absolute Gasteiger partial charge is 0.327 e. The molecule has 1 aromatic carbocycles. The number of piperazine rings is 1. The second-order valence-electron chi connectivity index (χ2n) is 5.22. The Morgan fingerprint density at radius 1 is 1.05 bits per heavy atom. The number of benzene rings is 1. The van der Waals surface area contributed by atoms with Crippen LogP contribution < -0.4 is 4.90 Å². The van der Waals surface area contributed by atoms with Crippen molar-refractivity contribution in [1.82, 2.24) is 9.88 Å². The highest BCUT2D eigenvalue weighted by Gasteiger charge is 2.30. The van der Waals surface area contributed by atoms with Gasteiger partial charge in [-0.2, -0.15) is 0 Å². The number of aromatic nitrogens is 1. The lowest BCUT2D eigenvalue weighted by Gasteiger charge is -2.38.